The van der Waals surface area contributed by atoms with Gasteiger partial charge in [-0.15, -0.1) is 0 Å². The Kier molecular flexibility index (Phi) is 4.47. The van der Waals surface area contributed by atoms with E-state index in [0.29, 0.717) is 16.2 Å². The second kappa shape index (κ2) is 6.35. The second-order valence-corrected chi connectivity index (χ2v) is 8.20. The van der Waals surface area contributed by atoms with Crippen molar-refractivity contribution in [2.45, 2.75) is 6.92 Å². The van der Waals surface area contributed by atoms with Crippen molar-refractivity contribution in [1.82, 2.24) is 18.2 Å². The fourth-order valence-electron chi connectivity index (χ4n) is 2.48. The van der Waals surface area contributed by atoms with E-state index < -0.39 is 16.2 Å². The number of nitrogens with zero attached hydrogens (tertiary/aromatic N) is 4. The quantitative estimate of drug-likeness (QED) is 0.728. The van der Waals surface area contributed by atoms with Crippen LogP contribution in [-0.4, -0.2) is 51.8 Å². The Bertz CT molecular complexity index is 1140. The van der Waals surface area contributed by atoms with Gasteiger partial charge in [-0.25, -0.2) is 18.7 Å². The minimum absolute atomic E-state index is 0.0322. The number of rotatable bonds is 4. The number of carbonyl (C=O) groups is 1. The zero-order valence-corrected chi connectivity index (χ0v) is 15.7. The van der Waals surface area contributed by atoms with Crippen molar-refractivity contribution in [1.29, 1.82) is 0 Å². The molecular weight excluding hydrogens is 380 g/mol. The molecule has 0 aliphatic rings. The van der Waals surface area contributed by atoms with E-state index in [4.69, 9.17) is 11.6 Å². The minimum Gasteiger partial charge on any atom is -0.478 e. The average Bonchev–Trinajstić information content (AvgIpc) is 2.93. The fourth-order valence-corrected chi connectivity index (χ4v) is 3.72. The predicted octanol–water partition coefficient (Wildman–Crippen LogP) is 2.41. The van der Waals surface area contributed by atoms with Crippen LogP contribution in [0.5, 0.6) is 0 Å². The maximum atomic E-state index is 12.9. The molecule has 0 spiro atoms. The Morgan fingerprint density at radius 1 is 1.19 bits per heavy atom. The van der Waals surface area contributed by atoms with Crippen LogP contribution in [0.25, 0.3) is 22.6 Å². The van der Waals surface area contributed by atoms with Crippen molar-refractivity contribution in [2.75, 3.05) is 14.1 Å². The first-order chi connectivity index (χ1) is 12.1. The topological polar surface area (TPSA) is 105 Å². The van der Waals surface area contributed by atoms with E-state index in [-0.39, 0.29) is 22.6 Å². The van der Waals surface area contributed by atoms with Crippen LogP contribution >= 0.6 is 11.6 Å². The van der Waals surface area contributed by atoms with Crippen molar-refractivity contribution < 1.29 is 18.3 Å². The zero-order chi connectivity index (χ0) is 19.2. The molecule has 0 aliphatic heterocycles. The van der Waals surface area contributed by atoms with Gasteiger partial charge in [0.1, 0.15) is 5.69 Å². The summed E-state index contributed by atoms with van der Waals surface area (Å²) in [5.74, 6) is -1.32. The molecule has 0 aliphatic carbocycles. The fraction of sp³-hybridized carbons (Fsp3) is 0.188. The number of aromatic nitrogens is 3. The Morgan fingerprint density at radius 2 is 1.88 bits per heavy atom. The number of imidazole rings is 1. The summed E-state index contributed by atoms with van der Waals surface area (Å²) in [6.07, 6.45) is 0. The van der Waals surface area contributed by atoms with Gasteiger partial charge in [-0.05, 0) is 37.3 Å². The number of halogens is 1. The van der Waals surface area contributed by atoms with Gasteiger partial charge in [0.05, 0.1) is 16.6 Å². The lowest BCUT2D eigenvalue weighted by Crippen LogP contribution is -2.29. The molecule has 2 heterocycles. The number of carboxylic acid groups (broad SMARTS) is 1. The lowest BCUT2D eigenvalue weighted by molar-refractivity contribution is 0.0697. The molecule has 0 saturated heterocycles. The molecule has 0 bridgehead atoms. The van der Waals surface area contributed by atoms with E-state index in [1.54, 1.807) is 13.0 Å². The first kappa shape index (κ1) is 18.3. The Labute approximate surface area is 154 Å². The molecule has 10 heteroatoms. The maximum absolute atomic E-state index is 12.9. The number of hydrogen-bond donors (Lipinski definition) is 1. The van der Waals surface area contributed by atoms with Gasteiger partial charge >= 0.3 is 16.2 Å². The molecule has 8 nitrogen and oxygen atoms in total. The van der Waals surface area contributed by atoms with Crippen LogP contribution < -0.4 is 0 Å². The highest BCUT2D eigenvalue weighted by molar-refractivity contribution is 7.87. The highest BCUT2D eigenvalue weighted by Crippen LogP contribution is 2.30. The maximum Gasteiger partial charge on any atom is 0.338 e. The number of carboxylic acids is 1. The first-order valence-electron chi connectivity index (χ1n) is 7.45. The molecule has 1 N–H and O–H groups in total. The third-order valence-corrected chi connectivity index (χ3v) is 5.73. The number of fused-ring (bicyclic) bond motifs is 1. The monoisotopic (exact) mass is 394 g/mol. The lowest BCUT2D eigenvalue weighted by atomic mass is 10.1. The Morgan fingerprint density at radius 3 is 2.50 bits per heavy atom. The molecule has 3 aromatic rings. The van der Waals surface area contributed by atoms with E-state index in [1.165, 1.54) is 38.4 Å². The molecule has 0 amide bonds. The minimum atomic E-state index is -4.00. The molecule has 1 aromatic carbocycles. The van der Waals surface area contributed by atoms with Crippen molar-refractivity contribution in [3.63, 3.8) is 0 Å². The summed E-state index contributed by atoms with van der Waals surface area (Å²) in [6.45, 7) is 1.68. The van der Waals surface area contributed by atoms with Gasteiger partial charge in [-0.3, -0.25) is 0 Å². The number of aromatic carboxylic acids is 1. The molecule has 0 radical (unpaired) electrons. The van der Waals surface area contributed by atoms with Gasteiger partial charge in [0.25, 0.3) is 0 Å². The summed E-state index contributed by atoms with van der Waals surface area (Å²) >= 11 is 5.99. The van der Waals surface area contributed by atoms with E-state index in [0.717, 1.165) is 8.28 Å². The largest absolute Gasteiger partial charge is 0.478 e. The van der Waals surface area contributed by atoms with Crippen molar-refractivity contribution in [3.8, 4) is 11.5 Å². The number of aryl methyl sites for hydroxylation is 1. The van der Waals surface area contributed by atoms with Crippen molar-refractivity contribution in [3.05, 3.63) is 46.6 Å². The third-order valence-electron chi connectivity index (χ3n) is 3.74. The highest BCUT2D eigenvalue weighted by atomic mass is 35.5. The third kappa shape index (κ3) is 2.94. The second-order valence-electron chi connectivity index (χ2n) is 5.78. The van der Waals surface area contributed by atoms with Gasteiger partial charge in [0.15, 0.2) is 5.82 Å². The SMILES string of the molecule is Cc1ccc(C(=O)O)c(-c2nc3cc(Cl)ccc3n2S(=O)(=O)N(C)C)n1. The van der Waals surface area contributed by atoms with Crippen LogP contribution in [0.3, 0.4) is 0 Å². The van der Waals surface area contributed by atoms with Crippen LogP contribution in [0.15, 0.2) is 30.3 Å². The lowest BCUT2D eigenvalue weighted by Gasteiger charge is -2.16. The summed E-state index contributed by atoms with van der Waals surface area (Å²) in [7, 11) is -1.24. The Balaban J connectivity index is 2.49. The molecule has 0 unspecified atom stereocenters. The van der Waals surface area contributed by atoms with Gasteiger partial charge in [0.2, 0.25) is 0 Å². The van der Waals surface area contributed by atoms with Crippen molar-refractivity contribution >= 4 is 38.8 Å². The zero-order valence-electron chi connectivity index (χ0n) is 14.1. The van der Waals surface area contributed by atoms with E-state index in [1.807, 2.05) is 0 Å². The molecule has 136 valence electrons. The van der Waals surface area contributed by atoms with Gasteiger partial charge < -0.3 is 5.11 Å². The number of pyridine rings is 1. The predicted molar refractivity (Wildman–Crippen MR) is 97.7 cm³/mol. The van der Waals surface area contributed by atoms with Crippen LogP contribution in [0.1, 0.15) is 16.1 Å². The molecular formula is C16H15ClN4O4S. The molecule has 2 aromatic heterocycles. The summed E-state index contributed by atoms with van der Waals surface area (Å²) in [4.78, 5) is 20.2. The molecule has 0 saturated carbocycles. The summed E-state index contributed by atoms with van der Waals surface area (Å²) < 4.78 is 27.8. The van der Waals surface area contributed by atoms with Crippen LogP contribution in [-0.2, 0) is 10.2 Å². The molecule has 3 rings (SSSR count). The summed E-state index contributed by atoms with van der Waals surface area (Å²) in [5, 5.41) is 9.86. The first-order valence-corrected chi connectivity index (χ1v) is 9.22. The summed E-state index contributed by atoms with van der Waals surface area (Å²) in [6, 6.07) is 7.48. The molecule has 0 atom stereocenters. The van der Waals surface area contributed by atoms with Crippen molar-refractivity contribution in [2.24, 2.45) is 0 Å². The van der Waals surface area contributed by atoms with Gasteiger partial charge in [0, 0.05) is 24.8 Å². The van der Waals surface area contributed by atoms with Gasteiger partial charge in [-0.1, -0.05) is 11.6 Å². The van der Waals surface area contributed by atoms with Crippen LogP contribution in [0.4, 0.5) is 0 Å². The van der Waals surface area contributed by atoms with E-state index >= 15 is 0 Å². The highest BCUT2D eigenvalue weighted by Gasteiger charge is 2.28. The standard InChI is InChI=1S/C16H15ClN4O4S/c1-9-4-6-11(16(22)23)14(18-9)15-19-12-8-10(17)5-7-13(12)21(15)26(24,25)20(2)3/h4-8H,1-3H3,(H,22,23). The van der Waals surface area contributed by atoms with E-state index in [9.17, 15) is 18.3 Å². The normalized spacial score (nSPS) is 12.0. The van der Waals surface area contributed by atoms with Gasteiger partial charge in [-0.2, -0.15) is 12.7 Å². The summed E-state index contributed by atoms with van der Waals surface area (Å²) in [5.41, 5.74) is 0.946. The van der Waals surface area contributed by atoms with Crippen LogP contribution in [0, 0.1) is 6.92 Å². The Hall–Kier alpha value is -2.49. The number of benzene rings is 1. The van der Waals surface area contributed by atoms with Crippen LogP contribution in [0.2, 0.25) is 5.02 Å². The molecule has 26 heavy (non-hydrogen) atoms. The van der Waals surface area contributed by atoms with E-state index in [2.05, 4.69) is 9.97 Å². The average molecular weight is 395 g/mol. The smallest absolute Gasteiger partial charge is 0.338 e. The molecule has 0 fully saturated rings. The number of hydrogen-bond acceptors (Lipinski definition) is 5.